The Morgan fingerprint density at radius 2 is 1.81 bits per heavy atom. The van der Waals surface area contributed by atoms with Gasteiger partial charge in [-0.25, -0.2) is 4.79 Å². The minimum Gasteiger partial charge on any atom is -0.394 e. The molecule has 4 atom stereocenters. The summed E-state index contributed by atoms with van der Waals surface area (Å²) in [4.78, 5) is 66.1. The van der Waals surface area contributed by atoms with E-state index in [-0.39, 0.29) is 11.1 Å². The monoisotopic (exact) mass is 509 g/mol. The van der Waals surface area contributed by atoms with Crippen LogP contribution in [0.1, 0.15) is 26.9 Å². The highest BCUT2D eigenvalue weighted by atomic mass is 16.5. The number of carbonyl (C=O) groups excluding carboxylic acids is 3. The minimum atomic E-state index is -1.43. The van der Waals surface area contributed by atoms with Crippen molar-refractivity contribution in [2.24, 2.45) is 0 Å². The number of nitrogens with zero attached hydrogens (tertiary/aromatic N) is 2. The first kappa shape index (κ1) is 24.4. The summed E-state index contributed by atoms with van der Waals surface area (Å²) >= 11 is 0. The van der Waals surface area contributed by atoms with Gasteiger partial charge in [0.1, 0.15) is 24.8 Å². The van der Waals surface area contributed by atoms with Crippen LogP contribution in [0.4, 0.5) is 5.69 Å². The summed E-state index contributed by atoms with van der Waals surface area (Å²) in [5.41, 5.74) is -0.240. The van der Waals surface area contributed by atoms with Crippen LogP contribution < -0.4 is 21.9 Å². The average Bonchev–Trinajstić information content (AvgIpc) is 3.19. The maximum Gasteiger partial charge on any atom is 0.330 e. The molecule has 0 radical (unpaired) electrons. The molecule has 3 aromatic rings. The summed E-state index contributed by atoms with van der Waals surface area (Å²) in [5, 5.41) is 26.9. The van der Waals surface area contributed by atoms with Gasteiger partial charge in [-0.3, -0.25) is 33.6 Å². The molecule has 37 heavy (non-hydrogen) atoms. The van der Waals surface area contributed by atoms with Crippen LogP contribution in [0.5, 0.6) is 0 Å². The molecular weight excluding hydrogens is 486 g/mol. The van der Waals surface area contributed by atoms with E-state index in [1.165, 1.54) is 0 Å². The number of nitrogens with one attached hydrogen (secondary N) is 3. The van der Waals surface area contributed by atoms with Crippen molar-refractivity contribution in [1.29, 1.82) is 0 Å². The van der Waals surface area contributed by atoms with E-state index in [0.29, 0.717) is 10.8 Å². The van der Waals surface area contributed by atoms with Crippen LogP contribution in [-0.2, 0) is 9.53 Å². The summed E-state index contributed by atoms with van der Waals surface area (Å²) in [6.45, 7) is -1.28. The topological polar surface area (TPSA) is 183 Å². The minimum absolute atomic E-state index is 0.263. The summed E-state index contributed by atoms with van der Waals surface area (Å²) < 4.78 is 6.51. The Morgan fingerprint density at radius 3 is 2.49 bits per heavy atom. The van der Waals surface area contributed by atoms with Crippen molar-refractivity contribution in [1.82, 2.24) is 19.8 Å². The first-order valence-electron chi connectivity index (χ1n) is 11.4. The van der Waals surface area contributed by atoms with Gasteiger partial charge in [-0.1, -0.05) is 12.1 Å². The van der Waals surface area contributed by atoms with E-state index in [0.717, 1.165) is 27.4 Å². The first-order chi connectivity index (χ1) is 17.7. The molecule has 192 valence electrons. The second-order valence-corrected chi connectivity index (χ2v) is 8.68. The smallest absolute Gasteiger partial charge is 0.330 e. The molecule has 13 nitrogen and oxygen atoms in total. The number of imide groups is 1. The van der Waals surface area contributed by atoms with Crippen LogP contribution >= 0.6 is 0 Å². The van der Waals surface area contributed by atoms with E-state index >= 15 is 0 Å². The molecular formula is C24H23N5O8. The molecule has 5 rings (SSSR count). The molecule has 0 saturated carbocycles. The molecule has 1 fully saturated rings. The van der Waals surface area contributed by atoms with E-state index in [1.807, 2.05) is 0 Å². The molecule has 0 spiro atoms. The molecule has 1 aromatic heterocycles. The van der Waals surface area contributed by atoms with E-state index in [1.54, 1.807) is 37.4 Å². The number of ether oxygens (including phenoxy) is 1. The number of anilines is 1. The largest absolute Gasteiger partial charge is 0.394 e. The molecule has 13 heteroatoms. The van der Waals surface area contributed by atoms with Crippen molar-refractivity contribution in [2.45, 2.75) is 24.5 Å². The molecule has 5 N–H and O–H groups in total. The lowest BCUT2D eigenvalue weighted by Gasteiger charge is -2.28. The Balaban J connectivity index is 1.42. The van der Waals surface area contributed by atoms with Crippen molar-refractivity contribution in [3.8, 4) is 0 Å². The van der Waals surface area contributed by atoms with Crippen molar-refractivity contribution < 1.29 is 29.3 Å². The van der Waals surface area contributed by atoms with Crippen molar-refractivity contribution >= 4 is 34.2 Å². The van der Waals surface area contributed by atoms with Gasteiger partial charge in [-0.2, -0.15) is 0 Å². The maximum atomic E-state index is 13.2. The third-order valence-corrected chi connectivity index (χ3v) is 6.57. The molecule has 0 unspecified atom stereocenters. The predicted molar refractivity (Wildman–Crippen MR) is 129 cm³/mol. The van der Waals surface area contributed by atoms with Gasteiger partial charge in [0.2, 0.25) is 5.91 Å². The van der Waals surface area contributed by atoms with Crippen LogP contribution in [0.25, 0.3) is 10.8 Å². The SMILES string of the molecule is CNc1ccc2c3c(cccc13)C(=O)N(CC(=O)N[C@@H]1[C@H](O)[C@@H](CO)O[C@H]1n1ccc(=O)[nH]c1=O)C2=O. The molecule has 2 aliphatic heterocycles. The second-order valence-electron chi connectivity index (χ2n) is 8.68. The van der Waals surface area contributed by atoms with Crippen LogP contribution in [0, 0.1) is 0 Å². The van der Waals surface area contributed by atoms with Gasteiger partial charge in [0.25, 0.3) is 17.4 Å². The number of aliphatic hydroxyl groups is 2. The molecule has 2 aliphatic rings. The molecule has 1 saturated heterocycles. The van der Waals surface area contributed by atoms with Gasteiger partial charge in [0.15, 0.2) is 6.23 Å². The number of benzene rings is 2. The standard InChI is InChI=1S/C24H23N5O8/c1-25-14-6-5-13-18-11(14)3-2-4-12(18)21(34)29(22(13)35)9-17(32)26-19-20(33)15(10-30)37-23(19)28-8-7-16(31)27-24(28)36/h2-8,15,19-20,23,25,30,33H,9-10H2,1H3,(H,26,32)(H,27,31,36)/t15-,19-,20-,23-/m1/s1. The van der Waals surface area contributed by atoms with Gasteiger partial charge in [0.05, 0.1) is 6.61 Å². The van der Waals surface area contributed by atoms with Gasteiger partial charge in [-0.15, -0.1) is 0 Å². The zero-order valence-electron chi connectivity index (χ0n) is 19.5. The lowest BCUT2D eigenvalue weighted by molar-refractivity contribution is -0.123. The third-order valence-electron chi connectivity index (χ3n) is 6.57. The van der Waals surface area contributed by atoms with E-state index in [4.69, 9.17) is 4.74 Å². The number of H-pyrrole nitrogens is 1. The quantitative estimate of drug-likeness (QED) is 0.254. The van der Waals surface area contributed by atoms with Crippen LogP contribution in [0.2, 0.25) is 0 Å². The summed E-state index contributed by atoms with van der Waals surface area (Å²) in [5.74, 6) is -2.12. The summed E-state index contributed by atoms with van der Waals surface area (Å²) in [7, 11) is 1.73. The summed E-state index contributed by atoms with van der Waals surface area (Å²) in [6, 6.07) is 8.15. The second kappa shape index (κ2) is 9.28. The number of aromatic nitrogens is 2. The Labute approximate surface area is 208 Å². The molecule has 0 aliphatic carbocycles. The first-order valence-corrected chi connectivity index (χ1v) is 11.4. The maximum absolute atomic E-state index is 13.2. The Hall–Kier alpha value is -4.33. The highest BCUT2D eigenvalue weighted by Gasteiger charge is 2.46. The number of aromatic amines is 1. The zero-order chi connectivity index (χ0) is 26.4. The van der Waals surface area contributed by atoms with Gasteiger partial charge in [-0.05, 0) is 18.2 Å². The Bertz CT molecular complexity index is 1520. The van der Waals surface area contributed by atoms with E-state index < -0.39 is 66.6 Å². The zero-order valence-corrected chi connectivity index (χ0v) is 19.5. The molecule has 2 aromatic carbocycles. The predicted octanol–water partition coefficient (Wildman–Crippen LogP) is -1.24. The number of carbonyl (C=O) groups is 3. The highest BCUT2D eigenvalue weighted by Crippen LogP contribution is 2.34. The number of aliphatic hydroxyl groups excluding tert-OH is 2. The van der Waals surface area contributed by atoms with Gasteiger partial charge >= 0.3 is 5.69 Å². The fourth-order valence-corrected chi connectivity index (χ4v) is 4.80. The number of hydrogen-bond acceptors (Lipinski definition) is 9. The van der Waals surface area contributed by atoms with E-state index in [2.05, 4.69) is 15.6 Å². The Morgan fingerprint density at radius 1 is 1.08 bits per heavy atom. The highest BCUT2D eigenvalue weighted by molar-refractivity contribution is 6.27. The molecule has 3 heterocycles. The van der Waals surface area contributed by atoms with Crippen molar-refractivity contribution in [3.63, 3.8) is 0 Å². The Kier molecular flexibility index (Phi) is 6.11. The lowest BCUT2D eigenvalue weighted by atomic mass is 9.93. The third kappa shape index (κ3) is 3.98. The fourth-order valence-electron chi connectivity index (χ4n) is 4.80. The van der Waals surface area contributed by atoms with Gasteiger partial charge in [0, 0.05) is 46.9 Å². The number of hydrogen-bond donors (Lipinski definition) is 5. The van der Waals surface area contributed by atoms with E-state index in [9.17, 15) is 34.2 Å². The molecule has 3 amide bonds. The summed E-state index contributed by atoms with van der Waals surface area (Å²) in [6.07, 6.45) is -2.72. The van der Waals surface area contributed by atoms with Crippen LogP contribution in [0.3, 0.4) is 0 Å². The average molecular weight is 509 g/mol. The van der Waals surface area contributed by atoms with Crippen LogP contribution in [-0.4, -0.2) is 80.8 Å². The molecule has 0 bridgehead atoms. The van der Waals surface area contributed by atoms with Crippen molar-refractivity contribution in [3.05, 3.63) is 74.6 Å². The van der Waals surface area contributed by atoms with Gasteiger partial charge < -0.3 is 25.6 Å². The van der Waals surface area contributed by atoms with Crippen LogP contribution in [0.15, 0.2) is 52.2 Å². The lowest BCUT2D eigenvalue weighted by Crippen LogP contribution is -2.53. The number of amides is 3. The normalized spacial score (nSPS) is 22.9. The fraction of sp³-hybridized carbons (Fsp3) is 0.292. The van der Waals surface area contributed by atoms with Crippen molar-refractivity contribution in [2.75, 3.05) is 25.5 Å². The number of rotatable bonds is 6.